The second-order valence-corrected chi connectivity index (χ2v) is 4.90. The predicted molar refractivity (Wildman–Crippen MR) is 56.8 cm³/mol. The van der Waals surface area contributed by atoms with Crippen LogP contribution in [0, 0.1) is 29.1 Å². The second kappa shape index (κ2) is 4.65. The van der Waals surface area contributed by atoms with E-state index >= 15 is 0 Å². The lowest BCUT2D eigenvalue weighted by molar-refractivity contribution is -0.122. The molecule has 1 N–H and O–H groups in total. The van der Waals surface area contributed by atoms with Crippen LogP contribution in [0.4, 0.5) is 0 Å². The Labute approximate surface area is 90.8 Å². The number of nitriles is 1. The van der Waals surface area contributed by atoms with Crippen molar-refractivity contribution in [3.63, 3.8) is 0 Å². The highest BCUT2D eigenvalue weighted by Crippen LogP contribution is 2.49. The van der Waals surface area contributed by atoms with E-state index in [1.165, 1.54) is 25.7 Å². The first-order chi connectivity index (χ1) is 7.29. The molecule has 0 aromatic heterocycles. The number of amides is 1. The lowest BCUT2D eigenvalue weighted by Gasteiger charge is -2.20. The van der Waals surface area contributed by atoms with Crippen molar-refractivity contribution in [1.29, 1.82) is 5.26 Å². The van der Waals surface area contributed by atoms with Gasteiger partial charge >= 0.3 is 0 Å². The number of nitrogens with zero attached hydrogens (tertiary/aromatic N) is 1. The van der Waals surface area contributed by atoms with Crippen molar-refractivity contribution < 1.29 is 4.79 Å². The highest BCUT2D eigenvalue weighted by Gasteiger charge is 2.39. The van der Waals surface area contributed by atoms with Crippen molar-refractivity contribution in [3.8, 4) is 6.07 Å². The normalized spacial score (nSPS) is 32.6. The van der Waals surface area contributed by atoms with Gasteiger partial charge in [-0.2, -0.15) is 5.26 Å². The fraction of sp³-hybridized carbons (Fsp3) is 0.833. The summed E-state index contributed by atoms with van der Waals surface area (Å²) in [5.74, 6) is 2.50. The molecule has 0 aliphatic heterocycles. The smallest absolute Gasteiger partial charge is 0.220 e. The van der Waals surface area contributed by atoms with Gasteiger partial charge in [0, 0.05) is 13.0 Å². The largest absolute Gasteiger partial charge is 0.355 e. The van der Waals surface area contributed by atoms with E-state index < -0.39 is 0 Å². The van der Waals surface area contributed by atoms with Crippen LogP contribution in [0.2, 0.25) is 0 Å². The zero-order chi connectivity index (χ0) is 10.7. The van der Waals surface area contributed by atoms with Crippen LogP contribution in [0.5, 0.6) is 0 Å². The molecule has 0 spiro atoms. The van der Waals surface area contributed by atoms with Gasteiger partial charge in [0.15, 0.2) is 0 Å². The van der Waals surface area contributed by atoms with Crippen LogP contribution >= 0.6 is 0 Å². The molecular weight excluding hydrogens is 188 g/mol. The molecule has 0 heterocycles. The standard InChI is InChI=1S/C12H18N2O/c13-4-1-5-14-12(15)8-11-7-9-2-3-10(11)6-9/h9-11H,1-3,5-8H2,(H,14,15). The molecule has 2 aliphatic rings. The third-order valence-electron chi connectivity index (χ3n) is 3.89. The van der Waals surface area contributed by atoms with Gasteiger partial charge in [-0.25, -0.2) is 0 Å². The maximum atomic E-state index is 11.5. The maximum Gasteiger partial charge on any atom is 0.220 e. The zero-order valence-electron chi connectivity index (χ0n) is 9.04. The SMILES string of the molecule is N#CCCNC(=O)CC1CC2CCC1C2. The van der Waals surface area contributed by atoms with Gasteiger partial charge in [0.2, 0.25) is 5.91 Å². The lowest BCUT2D eigenvalue weighted by Crippen LogP contribution is -2.27. The van der Waals surface area contributed by atoms with Crippen molar-refractivity contribution >= 4 is 5.91 Å². The zero-order valence-corrected chi connectivity index (χ0v) is 9.04. The fourth-order valence-electron chi connectivity index (χ4n) is 3.19. The first kappa shape index (κ1) is 10.5. The van der Waals surface area contributed by atoms with Crippen LogP contribution in [0.3, 0.4) is 0 Å². The molecule has 0 aromatic carbocycles. The summed E-state index contributed by atoms with van der Waals surface area (Å²) < 4.78 is 0. The van der Waals surface area contributed by atoms with Crippen LogP contribution in [0.15, 0.2) is 0 Å². The molecular formula is C12H18N2O. The Morgan fingerprint density at radius 1 is 1.40 bits per heavy atom. The molecule has 15 heavy (non-hydrogen) atoms. The number of carbonyl (C=O) groups is 1. The molecule has 2 saturated carbocycles. The number of hydrogen-bond acceptors (Lipinski definition) is 2. The second-order valence-electron chi connectivity index (χ2n) is 4.90. The minimum atomic E-state index is 0.141. The average molecular weight is 206 g/mol. The maximum absolute atomic E-state index is 11.5. The van der Waals surface area contributed by atoms with Crippen molar-refractivity contribution in [2.24, 2.45) is 17.8 Å². The first-order valence-corrected chi connectivity index (χ1v) is 5.93. The molecule has 2 rings (SSSR count). The summed E-state index contributed by atoms with van der Waals surface area (Å²) in [7, 11) is 0. The van der Waals surface area contributed by atoms with Gasteiger partial charge in [-0.15, -0.1) is 0 Å². The summed E-state index contributed by atoms with van der Waals surface area (Å²) in [6.07, 6.45) is 6.44. The monoisotopic (exact) mass is 206 g/mol. The molecule has 2 aliphatic carbocycles. The minimum Gasteiger partial charge on any atom is -0.355 e. The molecule has 0 aromatic rings. The van der Waals surface area contributed by atoms with E-state index in [1.807, 2.05) is 6.07 Å². The predicted octanol–water partition coefficient (Wildman–Crippen LogP) is 1.84. The molecule has 0 radical (unpaired) electrons. The van der Waals surface area contributed by atoms with E-state index in [4.69, 9.17) is 5.26 Å². The van der Waals surface area contributed by atoms with Gasteiger partial charge in [-0.1, -0.05) is 6.42 Å². The minimum absolute atomic E-state index is 0.141. The summed E-state index contributed by atoms with van der Waals surface area (Å²) >= 11 is 0. The quantitative estimate of drug-likeness (QED) is 0.713. The molecule has 2 fully saturated rings. The van der Waals surface area contributed by atoms with Crippen LogP contribution in [-0.2, 0) is 4.79 Å². The molecule has 1 amide bonds. The van der Waals surface area contributed by atoms with Crippen molar-refractivity contribution in [1.82, 2.24) is 5.32 Å². The van der Waals surface area contributed by atoms with E-state index in [1.54, 1.807) is 0 Å². The first-order valence-electron chi connectivity index (χ1n) is 5.93. The molecule has 3 nitrogen and oxygen atoms in total. The van der Waals surface area contributed by atoms with Crippen LogP contribution < -0.4 is 5.32 Å². The Bertz CT molecular complexity index is 282. The summed E-state index contributed by atoms with van der Waals surface area (Å²) in [6, 6.07) is 2.03. The Morgan fingerprint density at radius 3 is 2.87 bits per heavy atom. The van der Waals surface area contributed by atoms with Gasteiger partial charge in [0.05, 0.1) is 12.5 Å². The van der Waals surface area contributed by atoms with Crippen LogP contribution in [0.1, 0.15) is 38.5 Å². The summed E-state index contributed by atoms with van der Waals surface area (Å²) in [5.41, 5.74) is 0. The Hall–Kier alpha value is -1.04. The summed E-state index contributed by atoms with van der Waals surface area (Å²) in [5, 5.41) is 11.2. The molecule has 82 valence electrons. The molecule has 3 atom stereocenters. The molecule has 3 heteroatoms. The Morgan fingerprint density at radius 2 is 2.27 bits per heavy atom. The number of rotatable bonds is 4. The van der Waals surface area contributed by atoms with E-state index in [-0.39, 0.29) is 5.91 Å². The van der Waals surface area contributed by atoms with Gasteiger partial charge in [0.1, 0.15) is 0 Å². The molecule has 2 bridgehead atoms. The third kappa shape index (κ3) is 2.50. The van der Waals surface area contributed by atoms with E-state index in [2.05, 4.69) is 5.32 Å². The van der Waals surface area contributed by atoms with Crippen molar-refractivity contribution in [3.05, 3.63) is 0 Å². The Balaban J connectivity index is 1.69. The number of fused-ring (bicyclic) bond motifs is 2. The summed E-state index contributed by atoms with van der Waals surface area (Å²) in [4.78, 5) is 11.5. The fourth-order valence-corrected chi connectivity index (χ4v) is 3.19. The topological polar surface area (TPSA) is 52.9 Å². The van der Waals surface area contributed by atoms with Gasteiger partial charge in [-0.3, -0.25) is 4.79 Å². The van der Waals surface area contributed by atoms with E-state index in [9.17, 15) is 4.79 Å². The summed E-state index contributed by atoms with van der Waals surface area (Å²) in [6.45, 7) is 0.510. The average Bonchev–Trinajstić information content (AvgIpc) is 2.79. The lowest BCUT2D eigenvalue weighted by atomic mass is 9.86. The number of nitrogens with one attached hydrogen (secondary N) is 1. The van der Waals surface area contributed by atoms with Gasteiger partial charge in [-0.05, 0) is 37.0 Å². The third-order valence-corrected chi connectivity index (χ3v) is 3.89. The van der Waals surface area contributed by atoms with E-state index in [0.717, 1.165) is 11.8 Å². The van der Waals surface area contributed by atoms with Crippen LogP contribution in [0.25, 0.3) is 0 Å². The number of carbonyl (C=O) groups excluding carboxylic acids is 1. The number of hydrogen-bond donors (Lipinski definition) is 1. The Kier molecular flexibility index (Phi) is 3.25. The highest BCUT2D eigenvalue weighted by atomic mass is 16.1. The molecule has 3 unspecified atom stereocenters. The van der Waals surface area contributed by atoms with Gasteiger partial charge < -0.3 is 5.32 Å². The van der Waals surface area contributed by atoms with E-state index in [0.29, 0.717) is 25.3 Å². The van der Waals surface area contributed by atoms with Crippen molar-refractivity contribution in [2.45, 2.75) is 38.5 Å². The van der Waals surface area contributed by atoms with Crippen LogP contribution in [-0.4, -0.2) is 12.5 Å². The van der Waals surface area contributed by atoms with Gasteiger partial charge in [0.25, 0.3) is 0 Å². The molecule has 0 saturated heterocycles. The van der Waals surface area contributed by atoms with Crippen molar-refractivity contribution in [2.75, 3.05) is 6.54 Å². The highest BCUT2D eigenvalue weighted by molar-refractivity contribution is 5.76.